The summed E-state index contributed by atoms with van der Waals surface area (Å²) in [5.41, 5.74) is 1.73. The Kier molecular flexibility index (Phi) is 4.81. The molecule has 0 saturated heterocycles. The molecule has 0 bridgehead atoms. The Morgan fingerprint density at radius 3 is 2.26 bits per heavy atom. The molecule has 19 heavy (non-hydrogen) atoms. The molecule has 0 saturated carbocycles. The van der Waals surface area contributed by atoms with E-state index in [0.29, 0.717) is 16.6 Å². The highest BCUT2D eigenvalue weighted by Gasteiger charge is 2.13. The van der Waals surface area contributed by atoms with Crippen LogP contribution in [0.15, 0.2) is 48.5 Å². The van der Waals surface area contributed by atoms with Gasteiger partial charge in [0.15, 0.2) is 0 Å². The molecule has 2 aromatic rings. The summed E-state index contributed by atoms with van der Waals surface area (Å²) >= 11 is 12.2. The number of hydrogen-bond donors (Lipinski definition) is 1. The minimum atomic E-state index is -0.454. The minimum Gasteiger partial charge on any atom is -0.294 e. The van der Waals surface area contributed by atoms with Crippen LogP contribution in [0.4, 0.5) is 0 Å². The van der Waals surface area contributed by atoms with E-state index < -0.39 is 6.04 Å². The van der Waals surface area contributed by atoms with E-state index in [-0.39, 0.29) is 0 Å². The van der Waals surface area contributed by atoms with Crippen LogP contribution < -0.4 is 5.32 Å². The van der Waals surface area contributed by atoms with E-state index in [1.807, 2.05) is 42.5 Å². The second kappa shape index (κ2) is 6.58. The molecule has 0 aliphatic rings. The molecule has 2 aromatic carbocycles. The van der Waals surface area contributed by atoms with Crippen LogP contribution >= 0.6 is 23.2 Å². The van der Waals surface area contributed by atoms with E-state index in [0.717, 1.165) is 11.1 Å². The Hall–Kier alpha value is -1.53. The summed E-state index contributed by atoms with van der Waals surface area (Å²) in [5, 5.41) is 13.7. The number of rotatable bonds is 4. The molecule has 0 amide bonds. The first kappa shape index (κ1) is 13.9. The fourth-order valence-corrected chi connectivity index (χ4v) is 2.24. The zero-order valence-electron chi connectivity index (χ0n) is 10.1. The first-order valence-corrected chi connectivity index (χ1v) is 6.59. The molecule has 0 aliphatic carbocycles. The lowest BCUT2D eigenvalue weighted by Gasteiger charge is -2.14. The Balaban J connectivity index is 2.12. The van der Waals surface area contributed by atoms with Gasteiger partial charge in [0.25, 0.3) is 0 Å². The highest BCUT2D eigenvalue weighted by molar-refractivity contribution is 6.31. The van der Waals surface area contributed by atoms with Gasteiger partial charge in [-0.1, -0.05) is 59.6 Å². The van der Waals surface area contributed by atoms with Crippen LogP contribution in [0.1, 0.15) is 17.2 Å². The minimum absolute atomic E-state index is 0.454. The van der Waals surface area contributed by atoms with Crippen molar-refractivity contribution >= 4 is 23.2 Å². The smallest absolute Gasteiger partial charge is 0.123 e. The Bertz CT molecular complexity index is 605. The fourth-order valence-electron chi connectivity index (χ4n) is 1.79. The summed E-state index contributed by atoms with van der Waals surface area (Å²) in [6.45, 7) is 0.517. The van der Waals surface area contributed by atoms with E-state index in [9.17, 15) is 5.26 Å². The first-order valence-electron chi connectivity index (χ1n) is 5.83. The summed E-state index contributed by atoms with van der Waals surface area (Å²) in [7, 11) is 0. The van der Waals surface area contributed by atoms with Crippen LogP contribution in [0.25, 0.3) is 0 Å². The van der Waals surface area contributed by atoms with Crippen molar-refractivity contribution < 1.29 is 0 Å². The van der Waals surface area contributed by atoms with Gasteiger partial charge in [-0.15, -0.1) is 0 Å². The van der Waals surface area contributed by atoms with E-state index in [1.54, 1.807) is 6.07 Å². The third kappa shape index (κ3) is 3.48. The SMILES string of the molecule is N#CC(NCc1ccccc1Cl)c1ccccc1Cl. The molecule has 4 heteroatoms. The summed E-state index contributed by atoms with van der Waals surface area (Å²) in [4.78, 5) is 0. The van der Waals surface area contributed by atoms with Gasteiger partial charge in [0.1, 0.15) is 6.04 Å². The predicted octanol–water partition coefficient (Wildman–Crippen LogP) is 4.35. The summed E-state index contributed by atoms with van der Waals surface area (Å²) in [6, 6.07) is 16.6. The molecule has 0 aromatic heterocycles. The number of nitrogens with one attached hydrogen (secondary N) is 1. The molecule has 1 unspecified atom stereocenters. The maximum Gasteiger partial charge on any atom is 0.123 e. The normalized spacial score (nSPS) is 11.8. The average Bonchev–Trinajstić information content (AvgIpc) is 2.43. The van der Waals surface area contributed by atoms with Crippen LogP contribution in [0.5, 0.6) is 0 Å². The zero-order valence-corrected chi connectivity index (χ0v) is 11.6. The number of benzene rings is 2. The van der Waals surface area contributed by atoms with Crippen molar-refractivity contribution in [1.82, 2.24) is 5.32 Å². The quantitative estimate of drug-likeness (QED) is 0.909. The Labute approximate surface area is 122 Å². The average molecular weight is 291 g/mol. The van der Waals surface area contributed by atoms with Gasteiger partial charge in [0.05, 0.1) is 6.07 Å². The lowest BCUT2D eigenvalue weighted by atomic mass is 10.1. The van der Waals surface area contributed by atoms with Crippen molar-refractivity contribution in [3.63, 3.8) is 0 Å². The van der Waals surface area contributed by atoms with Gasteiger partial charge < -0.3 is 0 Å². The third-order valence-electron chi connectivity index (χ3n) is 2.80. The first-order chi connectivity index (χ1) is 9.22. The molecule has 96 valence electrons. The number of nitrogens with zero attached hydrogens (tertiary/aromatic N) is 1. The predicted molar refractivity (Wildman–Crippen MR) is 78.1 cm³/mol. The van der Waals surface area contributed by atoms with Crippen LogP contribution in [0.2, 0.25) is 10.0 Å². The largest absolute Gasteiger partial charge is 0.294 e. The molecule has 1 atom stereocenters. The van der Waals surface area contributed by atoms with Gasteiger partial charge in [-0.2, -0.15) is 5.26 Å². The maximum atomic E-state index is 9.25. The van der Waals surface area contributed by atoms with Crippen molar-refractivity contribution in [2.45, 2.75) is 12.6 Å². The monoisotopic (exact) mass is 290 g/mol. The topological polar surface area (TPSA) is 35.8 Å². The Morgan fingerprint density at radius 2 is 1.63 bits per heavy atom. The lowest BCUT2D eigenvalue weighted by Crippen LogP contribution is -2.19. The molecule has 0 fully saturated rings. The van der Waals surface area contributed by atoms with Crippen LogP contribution in [0.3, 0.4) is 0 Å². The van der Waals surface area contributed by atoms with E-state index in [2.05, 4.69) is 11.4 Å². The molecule has 2 nitrogen and oxygen atoms in total. The highest BCUT2D eigenvalue weighted by atomic mass is 35.5. The summed E-state index contributed by atoms with van der Waals surface area (Å²) in [6.07, 6.45) is 0. The molecule has 2 rings (SSSR count). The maximum absolute atomic E-state index is 9.25. The van der Waals surface area contributed by atoms with Gasteiger partial charge in [-0.05, 0) is 17.7 Å². The van der Waals surface area contributed by atoms with Gasteiger partial charge >= 0.3 is 0 Å². The van der Waals surface area contributed by atoms with Gasteiger partial charge in [-0.25, -0.2) is 0 Å². The van der Waals surface area contributed by atoms with Crippen LogP contribution in [0, 0.1) is 11.3 Å². The van der Waals surface area contributed by atoms with E-state index >= 15 is 0 Å². The van der Waals surface area contributed by atoms with Gasteiger partial charge in [0, 0.05) is 22.2 Å². The molecular formula is C15H12Cl2N2. The Morgan fingerprint density at radius 1 is 1.00 bits per heavy atom. The van der Waals surface area contributed by atoms with Crippen molar-refractivity contribution in [1.29, 1.82) is 5.26 Å². The zero-order chi connectivity index (χ0) is 13.7. The van der Waals surface area contributed by atoms with Crippen LogP contribution in [-0.4, -0.2) is 0 Å². The van der Waals surface area contributed by atoms with Crippen molar-refractivity contribution in [2.75, 3.05) is 0 Å². The molecular weight excluding hydrogens is 279 g/mol. The second-order valence-electron chi connectivity index (χ2n) is 4.06. The highest BCUT2D eigenvalue weighted by Crippen LogP contribution is 2.23. The number of nitriles is 1. The summed E-state index contributed by atoms with van der Waals surface area (Å²) in [5.74, 6) is 0. The van der Waals surface area contributed by atoms with E-state index in [1.165, 1.54) is 0 Å². The van der Waals surface area contributed by atoms with Crippen molar-refractivity contribution in [2.24, 2.45) is 0 Å². The van der Waals surface area contributed by atoms with E-state index in [4.69, 9.17) is 23.2 Å². The summed E-state index contributed by atoms with van der Waals surface area (Å²) < 4.78 is 0. The standard InChI is InChI=1S/C15H12Cl2N2/c16-13-7-3-1-5-11(13)10-19-15(9-18)12-6-2-4-8-14(12)17/h1-8,15,19H,10H2. The third-order valence-corrected chi connectivity index (χ3v) is 3.51. The van der Waals surface area contributed by atoms with Crippen LogP contribution in [-0.2, 0) is 6.54 Å². The number of halogens is 2. The van der Waals surface area contributed by atoms with Crippen molar-refractivity contribution in [3.05, 3.63) is 69.7 Å². The van der Waals surface area contributed by atoms with Gasteiger partial charge in [0.2, 0.25) is 0 Å². The van der Waals surface area contributed by atoms with Gasteiger partial charge in [-0.3, -0.25) is 5.32 Å². The van der Waals surface area contributed by atoms with Crippen molar-refractivity contribution in [3.8, 4) is 6.07 Å². The molecule has 0 spiro atoms. The molecule has 0 heterocycles. The molecule has 0 aliphatic heterocycles. The fraction of sp³-hybridized carbons (Fsp3) is 0.133. The second-order valence-corrected chi connectivity index (χ2v) is 4.87. The number of hydrogen-bond acceptors (Lipinski definition) is 2. The molecule has 1 N–H and O–H groups in total. The molecule has 0 radical (unpaired) electrons. The lowest BCUT2D eigenvalue weighted by molar-refractivity contribution is 0.631.